The quantitative estimate of drug-likeness (QED) is 0.909. The molecule has 0 aliphatic heterocycles. The third kappa shape index (κ3) is 2.47. The fraction of sp³-hybridized carbons (Fsp3) is 0.389. The van der Waals surface area contributed by atoms with E-state index in [4.69, 9.17) is 5.73 Å². The number of pyridine rings is 1. The van der Waals surface area contributed by atoms with Gasteiger partial charge < -0.3 is 10.8 Å². The van der Waals surface area contributed by atoms with Gasteiger partial charge in [-0.25, -0.2) is 0 Å². The van der Waals surface area contributed by atoms with Crippen molar-refractivity contribution in [2.24, 2.45) is 11.1 Å². The molecule has 1 aromatic heterocycles. The van der Waals surface area contributed by atoms with Gasteiger partial charge in [0.15, 0.2) is 0 Å². The maximum absolute atomic E-state index is 11.0. The zero-order valence-corrected chi connectivity index (χ0v) is 12.4. The van der Waals surface area contributed by atoms with Gasteiger partial charge in [0.2, 0.25) is 0 Å². The average Bonchev–Trinajstić information content (AvgIpc) is 2.54. The molecule has 21 heavy (non-hydrogen) atoms. The topological polar surface area (TPSA) is 59.1 Å². The Morgan fingerprint density at radius 1 is 1.29 bits per heavy atom. The molecule has 0 saturated heterocycles. The molecule has 3 N–H and O–H groups in total. The summed E-state index contributed by atoms with van der Waals surface area (Å²) >= 11 is 0. The van der Waals surface area contributed by atoms with Crippen LogP contribution in [-0.4, -0.2) is 16.6 Å². The van der Waals surface area contributed by atoms with Gasteiger partial charge in [-0.2, -0.15) is 0 Å². The van der Waals surface area contributed by atoms with Crippen LogP contribution >= 0.6 is 0 Å². The van der Waals surface area contributed by atoms with E-state index < -0.39 is 6.10 Å². The van der Waals surface area contributed by atoms with E-state index in [1.807, 2.05) is 13.0 Å². The van der Waals surface area contributed by atoms with Crippen molar-refractivity contribution in [3.05, 3.63) is 65.0 Å². The normalized spacial score (nSPS) is 22.6. The minimum absolute atomic E-state index is 0.290. The summed E-state index contributed by atoms with van der Waals surface area (Å²) in [7, 11) is 0. The molecule has 0 bridgehead atoms. The highest BCUT2D eigenvalue weighted by molar-refractivity contribution is 5.34. The van der Waals surface area contributed by atoms with Crippen molar-refractivity contribution < 1.29 is 5.11 Å². The monoisotopic (exact) mass is 282 g/mol. The Morgan fingerprint density at radius 3 is 2.76 bits per heavy atom. The van der Waals surface area contributed by atoms with Crippen molar-refractivity contribution >= 4 is 0 Å². The van der Waals surface area contributed by atoms with Crippen LogP contribution in [0.3, 0.4) is 0 Å². The molecule has 1 aliphatic carbocycles. The number of hydrogen-bond donors (Lipinski definition) is 2. The van der Waals surface area contributed by atoms with Gasteiger partial charge in [0.1, 0.15) is 0 Å². The molecule has 0 saturated carbocycles. The van der Waals surface area contributed by atoms with Crippen LogP contribution < -0.4 is 5.73 Å². The summed E-state index contributed by atoms with van der Waals surface area (Å²) in [5.74, 6) is 0. The van der Waals surface area contributed by atoms with E-state index in [9.17, 15) is 5.11 Å². The molecular formula is C18H22N2O. The predicted octanol–water partition coefficient (Wildman–Crippen LogP) is 2.56. The Balaban J connectivity index is 1.97. The number of benzene rings is 1. The number of nitrogens with two attached hydrogens (primary N) is 1. The lowest BCUT2D eigenvalue weighted by Crippen LogP contribution is -2.42. The second-order valence-electron chi connectivity index (χ2n) is 6.15. The molecule has 1 aliphatic rings. The molecule has 0 spiro atoms. The number of fused-ring (bicyclic) bond motifs is 1. The molecule has 2 unspecified atom stereocenters. The number of rotatable bonds is 3. The largest absolute Gasteiger partial charge is 0.388 e. The Labute approximate surface area is 125 Å². The van der Waals surface area contributed by atoms with Crippen LogP contribution in [-0.2, 0) is 12.8 Å². The standard InChI is InChI=1S/C18H22N2O/c1-13-7-9-20-11-16(13)17(21)18(12-19)8-6-14-4-2-3-5-15(14)10-18/h2-5,7,9,11,17,21H,6,8,10,12,19H2,1H3. The van der Waals surface area contributed by atoms with E-state index in [0.29, 0.717) is 6.54 Å². The summed E-state index contributed by atoms with van der Waals surface area (Å²) in [6, 6.07) is 10.4. The second-order valence-corrected chi connectivity index (χ2v) is 6.15. The van der Waals surface area contributed by atoms with Gasteiger partial charge in [-0.3, -0.25) is 4.98 Å². The van der Waals surface area contributed by atoms with Crippen LogP contribution in [0.5, 0.6) is 0 Å². The Morgan fingerprint density at radius 2 is 2.05 bits per heavy atom. The number of nitrogens with zero attached hydrogens (tertiary/aromatic N) is 1. The third-order valence-electron chi connectivity index (χ3n) is 4.91. The summed E-state index contributed by atoms with van der Waals surface area (Å²) in [5.41, 5.74) is 10.5. The van der Waals surface area contributed by atoms with Crippen LogP contribution in [0, 0.1) is 12.3 Å². The lowest BCUT2D eigenvalue weighted by Gasteiger charge is -2.41. The van der Waals surface area contributed by atoms with Crippen molar-refractivity contribution in [1.29, 1.82) is 0 Å². The van der Waals surface area contributed by atoms with E-state index >= 15 is 0 Å². The third-order valence-corrected chi connectivity index (χ3v) is 4.91. The van der Waals surface area contributed by atoms with Gasteiger partial charge in [-0.05, 0) is 48.9 Å². The minimum Gasteiger partial charge on any atom is -0.388 e. The SMILES string of the molecule is Cc1ccncc1C(O)C1(CN)CCc2ccccc2C1. The number of hydrogen-bond acceptors (Lipinski definition) is 3. The molecule has 1 aromatic carbocycles. The first kappa shape index (κ1) is 14.2. The predicted molar refractivity (Wildman–Crippen MR) is 83.9 cm³/mol. The first-order valence-electron chi connectivity index (χ1n) is 7.52. The lowest BCUT2D eigenvalue weighted by atomic mass is 9.66. The van der Waals surface area contributed by atoms with Crippen LogP contribution in [0.15, 0.2) is 42.7 Å². The zero-order chi connectivity index (χ0) is 14.9. The van der Waals surface area contributed by atoms with Gasteiger partial charge in [0, 0.05) is 29.9 Å². The Hall–Kier alpha value is -1.71. The summed E-state index contributed by atoms with van der Waals surface area (Å²) < 4.78 is 0. The van der Waals surface area contributed by atoms with E-state index in [1.54, 1.807) is 12.4 Å². The van der Waals surface area contributed by atoms with Crippen molar-refractivity contribution in [2.75, 3.05) is 6.54 Å². The maximum Gasteiger partial charge on any atom is 0.0879 e. The van der Waals surface area contributed by atoms with Crippen LogP contribution in [0.4, 0.5) is 0 Å². The van der Waals surface area contributed by atoms with Gasteiger partial charge in [0.25, 0.3) is 0 Å². The highest BCUT2D eigenvalue weighted by Crippen LogP contribution is 2.44. The summed E-state index contributed by atoms with van der Waals surface area (Å²) in [6.45, 7) is 2.50. The van der Waals surface area contributed by atoms with Crippen molar-refractivity contribution in [1.82, 2.24) is 4.98 Å². The van der Waals surface area contributed by atoms with Crippen LogP contribution in [0.1, 0.15) is 34.8 Å². The smallest absolute Gasteiger partial charge is 0.0879 e. The van der Waals surface area contributed by atoms with Crippen molar-refractivity contribution in [3.8, 4) is 0 Å². The first-order chi connectivity index (χ1) is 10.2. The fourth-order valence-electron chi connectivity index (χ4n) is 3.44. The van der Waals surface area contributed by atoms with Gasteiger partial charge in [-0.1, -0.05) is 24.3 Å². The Kier molecular flexibility index (Phi) is 3.79. The molecular weight excluding hydrogens is 260 g/mol. The molecule has 0 fully saturated rings. The maximum atomic E-state index is 11.0. The molecule has 3 heteroatoms. The molecule has 3 nitrogen and oxygen atoms in total. The van der Waals surface area contributed by atoms with E-state index in [2.05, 4.69) is 29.2 Å². The van der Waals surface area contributed by atoms with E-state index in [0.717, 1.165) is 30.4 Å². The van der Waals surface area contributed by atoms with E-state index in [1.165, 1.54) is 11.1 Å². The highest BCUT2D eigenvalue weighted by Gasteiger charge is 2.40. The Bertz CT molecular complexity index is 641. The van der Waals surface area contributed by atoms with Crippen molar-refractivity contribution in [2.45, 2.75) is 32.3 Å². The summed E-state index contributed by atoms with van der Waals surface area (Å²) in [4.78, 5) is 4.17. The molecule has 3 rings (SSSR count). The number of aromatic nitrogens is 1. The fourth-order valence-corrected chi connectivity index (χ4v) is 3.44. The lowest BCUT2D eigenvalue weighted by molar-refractivity contribution is 0.0171. The molecule has 110 valence electrons. The van der Waals surface area contributed by atoms with Gasteiger partial charge in [0.05, 0.1) is 6.10 Å². The van der Waals surface area contributed by atoms with Crippen molar-refractivity contribution in [3.63, 3.8) is 0 Å². The first-order valence-corrected chi connectivity index (χ1v) is 7.52. The number of aliphatic hydroxyl groups excluding tert-OH is 1. The molecule has 0 radical (unpaired) electrons. The van der Waals surface area contributed by atoms with Crippen LogP contribution in [0.2, 0.25) is 0 Å². The average molecular weight is 282 g/mol. The van der Waals surface area contributed by atoms with Gasteiger partial charge >= 0.3 is 0 Å². The van der Waals surface area contributed by atoms with E-state index in [-0.39, 0.29) is 5.41 Å². The summed E-state index contributed by atoms with van der Waals surface area (Å²) in [6.07, 6.45) is 5.69. The zero-order valence-electron chi connectivity index (χ0n) is 12.4. The molecule has 0 amide bonds. The number of aliphatic hydroxyl groups is 1. The molecule has 1 heterocycles. The molecule has 2 atom stereocenters. The van der Waals surface area contributed by atoms with Gasteiger partial charge in [-0.15, -0.1) is 0 Å². The molecule has 2 aromatic rings. The highest BCUT2D eigenvalue weighted by atomic mass is 16.3. The second kappa shape index (κ2) is 5.58. The number of aryl methyl sites for hydroxylation is 2. The summed E-state index contributed by atoms with van der Waals surface area (Å²) in [5, 5.41) is 11.0. The minimum atomic E-state index is -0.565. The van der Waals surface area contributed by atoms with Crippen LogP contribution in [0.25, 0.3) is 0 Å².